The summed E-state index contributed by atoms with van der Waals surface area (Å²) in [5.41, 5.74) is -0.373. The van der Waals surface area contributed by atoms with E-state index in [9.17, 15) is 23.3 Å². The zero-order chi connectivity index (χ0) is 24.6. The van der Waals surface area contributed by atoms with Crippen LogP contribution in [0.1, 0.15) is 12.5 Å². The first kappa shape index (κ1) is 22.7. The number of amides is 1. The van der Waals surface area contributed by atoms with Crippen LogP contribution >= 0.6 is 0 Å². The first-order chi connectivity index (χ1) is 16.1. The number of anilines is 1. The van der Waals surface area contributed by atoms with Gasteiger partial charge >= 0.3 is 0 Å². The molecule has 0 bridgehead atoms. The van der Waals surface area contributed by atoms with Crippen LogP contribution in [-0.4, -0.2) is 35.6 Å². The number of hydrogen-bond acceptors (Lipinski definition) is 10. The van der Waals surface area contributed by atoms with Gasteiger partial charge in [-0.2, -0.15) is 25.6 Å². The summed E-state index contributed by atoms with van der Waals surface area (Å²) in [5, 5.41) is 27.6. The van der Waals surface area contributed by atoms with Gasteiger partial charge in [0.2, 0.25) is 16.0 Å². The average molecular weight is 480 g/mol. The molecular formula is C20H16N8O5S. The minimum atomic E-state index is -3.85. The van der Waals surface area contributed by atoms with E-state index >= 15 is 0 Å². The van der Waals surface area contributed by atoms with E-state index < -0.39 is 27.5 Å². The first-order valence-corrected chi connectivity index (χ1v) is 11.1. The van der Waals surface area contributed by atoms with E-state index in [0.717, 1.165) is 9.58 Å². The maximum Gasteiger partial charge on any atom is 0.282 e. The molecule has 3 aromatic rings. The molecule has 13 nitrogen and oxygen atoms in total. The molecule has 1 unspecified atom stereocenters. The molecule has 2 N–H and O–H groups in total. The molecule has 3 heterocycles. The van der Waals surface area contributed by atoms with Crippen LogP contribution in [-0.2, 0) is 21.9 Å². The van der Waals surface area contributed by atoms with Crippen molar-refractivity contribution >= 4 is 33.3 Å². The number of azo groups is 1. The normalized spacial score (nSPS) is 16.2. The van der Waals surface area contributed by atoms with Crippen molar-refractivity contribution in [1.29, 1.82) is 5.26 Å². The Bertz CT molecular complexity index is 1550. The number of aromatic nitrogens is 2. The van der Waals surface area contributed by atoms with Gasteiger partial charge in [0.25, 0.3) is 11.5 Å². The Kier molecular flexibility index (Phi) is 5.65. The lowest BCUT2D eigenvalue weighted by Gasteiger charge is -2.16. The number of nitrogens with two attached hydrogens (primary N) is 1. The lowest BCUT2D eigenvalue weighted by molar-refractivity contribution is -0.118. The van der Waals surface area contributed by atoms with Crippen LogP contribution in [0.25, 0.3) is 11.5 Å². The number of furan rings is 1. The fraction of sp³-hybridized carbons (Fsp3) is 0.150. The number of benzene rings is 1. The molecule has 0 radical (unpaired) electrons. The van der Waals surface area contributed by atoms with E-state index in [-0.39, 0.29) is 39.3 Å². The van der Waals surface area contributed by atoms with E-state index in [0.29, 0.717) is 0 Å². The van der Waals surface area contributed by atoms with E-state index in [1.54, 1.807) is 13.0 Å². The Morgan fingerprint density at radius 3 is 2.50 bits per heavy atom. The third-order valence-corrected chi connectivity index (χ3v) is 5.80. The average Bonchev–Trinajstić information content (AvgIpc) is 3.42. The predicted octanol–water partition coefficient (Wildman–Crippen LogP) is 1.43. The molecule has 0 saturated heterocycles. The molecule has 1 aliphatic heterocycles. The summed E-state index contributed by atoms with van der Waals surface area (Å²) in [7, 11) is -2.49. The van der Waals surface area contributed by atoms with E-state index in [4.69, 9.17) is 9.56 Å². The van der Waals surface area contributed by atoms with Crippen LogP contribution in [0.5, 0.6) is 0 Å². The number of rotatable bonds is 5. The number of sulfonamides is 1. The van der Waals surface area contributed by atoms with Gasteiger partial charge in [0.05, 0.1) is 22.6 Å². The number of hydrazone groups is 1. The van der Waals surface area contributed by atoms with Crippen LogP contribution < -0.4 is 15.7 Å². The Morgan fingerprint density at radius 2 is 1.91 bits per heavy atom. The number of nitriles is 1. The minimum absolute atomic E-state index is 0.0220. The van der Waals surface area contributed by atoms with Crippen LogP contribution in [0.3, 0.4) is 0 Å². The lowest BCUT2D eigenvalue weighted by Crippen LogP contribution is -2.35. The van der Waals surface area contributed by atoms with Crippen molar-refractivity contribution < 1.29 is 17.6 Å². The summed E-state index contributed by atoms with van der Waals surface area (Å²) < 4.78 is 29.0. The Balaban J connectivity index is 1.67. The molecular weight excluding hydrogens is 464 g/mol. The molecule has 34 heavy (non-hydrogen) atoms. The number of primary sulfonamides is 1. The molecule has 1 amide bonds. The maximum atomic E-state index is 13.1. The van der Waals surface area contributed by atoms with Crippen molar-refractivity contribution in [1.82, 2.24) is 9.55 Å². The summed E-state index contributed by atoms with van der Waals surface area (Å²) in [6.45, 7) is 1.56. The standard InChI is InChI=1S/C20H16N8O5S/c1-11-16(25-24-12-5-7-13(8-6-12)34(22,31)32)19(30)28(26-11)20-23-17(15-4-3-9-33-15)14(10-21)18(29)27(20)2/h3-9,16H,1-2H3,(H2,22,31,32). The Morgan fingerprint density at radius 1 is 1.21 bits per heavy atom. The second-order valence-corrected chi connectivity index (χ2v) is 8.70. The fourth-order valence-corrected chi connectivity index (χ4v) is 3.65. The maximum absolute atomic E-state index is 13.1. The first-order valence-electron chi connectivity index (χ1n) is 9.59. The topological polar surface area (TPSA) is 189 Å². The SMILES string of the molecule is CC1=NN(c2nc(-c3ccco3)c(C#N)c(=O)n2C)C(=O)C1N=Nc1ccc(S(N)(=O)=O)cc1. The highest BCUT2D eigenvalue weighted by atomic mass is 32.2. The Labute approximate surface area is 192 Å². The summed E-state index contributed by atoms with van der Waals surface area (Å²) in [4.78, 5) is 30.0. The van der Waals surface area contributed by atoms with Crippen molar-refractivity contribution in [2.75, 3.05) is 5.01 Å². The van der Waals surface area contributed by atoms with Gasteiger partial charge in [0, 0.05) is 7.05 Å². The van der Waals surface area contributed by atoms with Gasteiger partial charge < -0.3 is 4.42 Å². The van der Waals surface area contributed by atoms with Gasteiger partial charge in [-0.15, -0.1) is 0 Å². The smallest absolute Gasteiger partial charge is 0.282 e. The van der Waals surface area contributed by atoms with Gasteiger partial charge in [0.15, 0.2) is 11.8 Å². The van der Waals surface area contributed by atoms with Crippen molar-refractivity contribution in [3.63, 3.8) is 0 Å². The molecule has 0 aliphatic carbocycles. The third-order valence-electron chi connectivity index (χ3n) is 4.87. The number of nitrogens with zero attached hydrogens (tertiary/aromatic N) is 7. The van der Waals surface area contributed by atoms with Crippen molar-refractivity contribution in [2.45, 2.75) is 17.9 Å². The van der Waals surface area contributed by atoms with E-state index in [2.05, 4.69) is 20.3 Å². The highest BCUT2D eigenvalue weighted by molar-refractivity contribution is 7.89. The van der Waals surface area contributed by atoms with Gasteiger partial charge in [-0.3, -0.25) is 14.2 Å². The van der Waals surface area contributed by atoms with Crippen LogP contribution in [0.2, 0.25) is 0 Å². The predicted molar refractivity (Wildman–Crippen MR) is 119 cm³/mol. The van der Waals surface area contributed by atoms with Crippen molar-refractivity contribution in [3.05, 3.63) is 58.6 Å². The number of carbonyl (C=O) groups excluding carboxylic acids is 1. The van der Waals surface area contributed by atoms with Gasteiger partial charge in [-0.1, -0.05) is 0 Å². The third kappa shape index (κ3) is 4.00. The monoisotopic (exact) mass is 480 g/mol. The van der Waals surface area contributed by atoms with Gasteiger partial charge in [-0.25, -0.2) is 18.5 Å². The quantitative estimate of drug-likeness (QED) is 0.534. The molecule has 172 valence electrons. The molecule has 0 fully saturated rings. The van der Waals surface area contributed by atoms with Gasteiger partial charge in [0.1, 0.15) is 17.3 Å². The fourth-order valence-electron chi connectivity index (χ4n) is 3.13. The summed E-state index contributed by atoms with van der Waals surface area (Å²) in [5.74, 6) is -0.572. The highest BCUT2D eigenvalue weighted by Crippen LogP contribution is 2.26. The van der Waals surface area contributed by atoms with Gasteiger partial charge in [-0.05, 0) is 43.3 Å². The molecule has 4 rings (SSSR count). The second kappa shape index (κ2) is 8.46. The molecule has 0 spiro atoms. The summed E-state index contributed by atoms with van der Waals surface area (Å²) in [6.07, 6.45) is 1.37. The molecule has 0 saturated carbocycles. The van der Waals surface area contributed by atoms with E-state index in [1.807, 2.05) is 6.07 Å². The zero-order valence-electron chi connectivity index (χ0n) is 17.8. The lowest BCUT2D eigenvalue weighted by atomic mass is 10.2. The van der Waals surface area contributed by atoms with Crippen LogP contribution in [0, 0.1) is 11.3 Å². The van der Waals surface area contributed by atoms with Crippen molar-refractivity contribution in [2.24, 2.45) is 27.5 Å². The minimum Gasteiger partial charge on any atom is -0.463 e. The molecule has 1 atom stereocenters. The molecule has 1 aromatic carbocycles. The summed E-state index contributed by atoms with van der Waals surface area (Å²) in [6, 6.07) is 9.12. The number of hydrogen-bond donors (Lipinski definition) is 1. The van der Waals surface area contributed by atoms with Crippen molar-refractivity contribution in [3.8, 4) is 17.5 Å². The second-order valence-electron chi connectivity index (χ2n) is 7.14. The number of carbonyl (C=O) groups is 1. The zero-order valence-corrected chi connectivity index (χ0v) is 18.6. The highest BCUT2D eigenvalue weighted by Gasteiger charge is 2.37. The molecule has 14 heteroatoms. The molecule has 1 aliphatic rings. The largest absolute Gasteiger partial charge is 0.463 e. The van der Waals surface area contributed by atoms with Crippen LogP contribution in [0.4, 0.5) is 11.6 Å². The van der Waals surface area contributed by atoms with Crippen LogP contribution in [0.15, 0.2) is 72.1 Å². The van der Waals surface area contributed by atoms with E-state index in [1.165, 1.54) is 43.6 Å². The Hall–Kier alpha value is -4.48. The molecule has 2 aromatic heterocycles. The summed E-state index contributed by atoms with van der Waals surface area (Å²) >= 11 is 0.